The van der Waals surface area contributed by atoms with Gasteiger partial charge in [-0.15, -0.1) is 0 Å². The first-order chi connectivity index (χ1) is 21.9. The topological polar surface area (TPSA) is 98.1 Å². The lowest BCUT2D eigenvalue weighted by Gasteiger charge is -2.46. The number of hydrogen-bond acceptors (Lipinski definition) is 9. The van der Waals surface area contributed by atoms with Gasteiger partial charge < -0.3 is 24.2 Å². The molecule has 6 rings (SSSR count). The Morgan fingerprint density at radius 1 is 1.24 bits per heavy atom. The van der Waals surface area contributed by atoms with Crippen molar-refractivity contribution in [2.75, 3.05) is 76.1 Å². The Balaban J connectivity index is 1.30. The largest absolute Gasteiger partial charge is 0.462 e. The highest BCUT2D eigenvalue weighted by atomic mass is 35.5. The van der Waals surface area contributed by atoms with Crippen LogP contribution < -0.4 is 14.5 Å². The molecule has 2 saturated heterocycles. The maximum absolute atomic E-state index is 13.8. The van der Waals surface area contributed by atoms with Crippen LogP contribution in [-0.2, 0) is 22.5 Å². The molecule has 3 aliphatic heterocycles. The van der Waals surface area contributed by atoms with E-state index in [1.54, 1.807) is 4.90 Å². The average molecular weight is 634 g/mol. The molecule has 2 fully saturated rings. The number of nitriles is 1. The van der Waals surface area contributed by atoms with Gasteiger partial charge in [0.15, 0.2) is 0 Å². The number of hydrogen-bond donors (Lipinski definition) is 0. The monoisotopic (exact) mass is 633 g/mol. The molecule has 0 spiro atoms. The predicted octanol–water partition coefficient (Wildman–Crippen LogP) is 4.01. The van der Waals surface area contributed by atoms with Gasteiger partial charge in [-0.3, -0.25) is 9.69 Å². The van der Waals surface area contributed by atoms with E-state index < -0.39 is 12.2 Å². The average Bonchev–Trinajstić information content (AvgIpc) is 3.03. The molecule has 12 heteroatoms. The van der Waals surface area contributed by atoms with Crippen molar-refractivity contribution >= 4 is 39.8 Å². The standard InChI is InChI=1S/C33H37ClFN7O3/c1-3-29(43)42-15-14-41(18-24(42)10-12-36)31-25-11-13-40(28-9-5-7-23-6-4-8-26(34)30(23)28)19-27(25)37-32(38-31)45-17-16-39(2)33(20-35)21-44-22-33/h3-9,24H,1,10-11,13-22H2,2H3/t24-/m0/s1. The van der Waals surface area contributed by atoms with Crippen molar-refractivity contribution in [2.24, 2.45) is 0 Å². The molecule has 0 saturated carbocycles. The number of nitrogens with zero attached hydrogens (tertiary/aromatic N) is 7. The molecule has 0 N–H and O–H groups in total. The van der Waals surface area contributed by atoms with Crippen LogP contribution in [0.4, 0.5) is 15.9 Å². The van der Waals surface area contributed by atoms with Gasteiger partial charge in [-0.1, -0.05) is 42.4 Å². The molecule has 3 aromatic rings. The molecule has 1 aromatic heterocycles. The van der Waals surface area contributed by atoms with E-state index in [9.17, 15) is 14.4 Å². The molecule has 236 valence electrons. The molecule has 0 unspecified atom stereocenters. The highest BCUT2D eigenvalue weighted by Crippen LogP contribution is 2.37. The van der Waals surface area contributed by atoms with E-state index in [-0.39, 0.29) is 31.0 Å². The van der Waals surface area contributed by atoms with E-state index in [4.69, 9.17) is 31.0 Å². The number of likely N-dealkylation sites (N-methyl/N-ethyl adjacent to an activating group) is 1. The fourth-order valence-electron chi connectivity index (χ4n) is 6.44. The lowest BCUT2D eigenvalue weighted by molar-refractivity contribution is -0.142. The zero-order chi connectivity index (χ0) is 31.6. The number of carbonyl (C=O) groups is 1. The first kappa shape index (κ1) is 31.0. The summed E-state index contributed by atoms with van der Waals surface area (Å²) in [6.45, 7) is 7.35. The molecule has 2 aromatic carbocycles. The number of aromatic nitrogens is 2. The van der Waals surface area contributed by atoms with Crippen molar-refractivity contribution in [3.05, 3.63) is 65.3 Å². The van der Waals surface area contributed by atoms with E-state index in [0.29, 0.717) is 57.4 Å². The zero-order valence-electron chi connectivity index (χ0n) is 25.4. The second kappa shape index (κ2) is 13.2. The van der Waals surface area contributed by atoms with Gasteiger partial charge in [0, 0.05) is 49.4 Å². The third-order valence-electron chi connectivity index (χ3n) is 9.22. The third kappa shape index (κ3) is 6.02. The number of amides is 1. The van der Waals surface area contributed by atoms with Gasteiger partial charge in [-0.25, -0.2) is 4.39 Å². The Morgan fingerprint density at radius 3 is 2.76 bits per heavy atom. The summed E-state index contributed by atoms with van der Waals surface area (Å²) in [6.07, 6.45) is 2.20. The molecule has 0 radical (unpaired) electrons. The fraction of sp³-hybridized carbons (Fsp3) is 0.455. The van der Waals surface area contributed by atoms with Crippen LogP contribution in [0.5, 0.6) is 6.01 Å². The molecule has 0 bridgehead atoms. The number of halogens is 2. The molecular formula is C33H37ClFN7O3. The van der Waals surface area contributed by atoms with E-state index in [1.807, 2.05) is 30.1 Å². The molecule has 45 heavy (non-hydrogen) atoms. The number of ether oxygens (including phenoxy) is 2. The minimum Gasteiger partial charge on any atom is -0.462 e. The van der Waals surface area contributed by atoms with Crippen LogP contribution in [0.2, 0.25) is 5.02 Å². The van der Waals surface area contributed by atoms with Crippen molar-refractivity contribution in [3.63, 3.8) is 0 Å². The highest BCUT2D eigenvalue weighted by Gasteiger charge is 2.42. The summed E-state index contributed by atoms with van der Waals surface area (Å²) in [7, 11) is 1.87. The van der Waals surface area contributed by atoms with E-state index in [1.165, 1.54) is 6.08 Å². The van der Waals surface area contributed by atoms with Crippen molar-refractivity contribution in [1.29, 1.82) is 5.26 Å². The van der Waals surface area contributed by atoms with Crippen molar-refractivity contribution < 1.29 is 18.7 Å². The van der Waals surface area contributed by atoms with Crippen LogP contribution in [0.15, 0.2) is 49.1 Å². The minimum absolute atomic E-state index is 0.180. The number of carbonyl (C=O) groups excluding carboxylic acids is 1. The number of piperazine rings is 1. The summed E-state index contributed by atoms with van der Waals surface area (Å²) in [5.74, 6) is 0.584. The van der Waals surface area contributed by atoms with Crippen LogP contribution in [0.1, 0.15) is 17.7 Å². The van der Waals surface area contributed by atoms with E-state index in [0.717, 1.165) is 40.1 Å². The van der Waals surface area contributed by atoms with Gasteiger partial charge in [0.25, 0.3) is 0 Å². The summed E-state index contributed by atoms with van der Waals surface area (Å²) in [6, 6.07) is 14.3. The van der Waals surface area contributed by atoms with Crippen LogP contribution in [0, 0.1) is 11.3 Å². The summed E-state index contributed by atoms with van der Waals surface area (Å²) in [5, 5.41) is 12.3. The van der Waals surface area contributed by atoms with Crippen molar-refractivity contribution in [3.8, 4) is 12.1 Å². The second-order valence-electron chi connectivity index (χ2n) is 11.9. The second-order valence-corrected chi connectivity index (χ2v) is 12.3. The van der Waals surface area contributed by atoms with Gasteiger partial charge in [0.2, 0.25) is 5.91 Å². The Bertz CT molecular complexity index is 1620. The molecule has 3 aliphatic rings. The number of rotatable bonds is 10. The Hall–Kier alpha value is -3.98. The van der Waals surface area contributed by atoms with Gasteiger partial charge in [-0.05, 0) is 37.1 Å². The van der Waals surface area contributed by atoms with E-state index >= 15 is 0 Å². The van der Waals surface area contributed by atoms with Gasteiger partial charge in [0.05, 0.1) is 54.5 Å². The molecule has 10 nitrogen and oxygen atoms in total. The number of anilines is 2. The quantitative estimate of drug-likeness (QED) is 0.307. The zero-order valence-corrected chi connectivity index (χ0v) is 26.2. The maximum atomic E-state index is 13.8. The molecule has 1 atom stereocenters. The van der Waals surface area contributed by atoms with Crippen molar-refractivity contribution in [1.82, 2.24) is 19.8 Å². The molecule has 4 heterocycles. The normalized spacial score (nSPS) is 19.2. The Morgan fingerprint density at radius 2 is 2.04 bits per heavy atom. The van der Waals surface area contributed by atoms with E-state index in [2.05, 4.69) is 40.6 Å². The minimum atomic E-state index is -0.607. The summed E-state index contributed by atoms with van der Waals surface area (Å²) in [5.41, 5.74) is 2.32. The van der Waals surface area contributed by atoms with Crippen LogP contribution >= 0.6 is 11.6 Å². The highest BCUT2D eigenvalue weighted by molar-refractivity contribution is 6.36. The fourth-order valence-corrected chi connectivity index (χ4v) is 6.72. The summed E-state index contributed by atoms with van der Waals surface area (Å²) < 4.78 is 25.2. The summed E-state index contributed by atoms with van der Waals surface area (Å²) >= 11 is 6.69. The number of fused-ring (bicyclic) bond motifs is 2. The predicted molar refractivity (Wildman–Crippen MR) is 172 cm³/mol. The van der Waals surface area contributed by atoms with Crippen molar-refractivity contribution in [2.45, 2.75) is 31.0 Å². The third-order valence-corrected chi connectivity index (χ3v) is 9.53. The lowest BCUT2D eigenvalue weighted by atomic mass is 9.97. The molecule has 1 amide bonds. The Labute approximate surface area is 267 Å². The smallest absolute Gasteiger partial charge is 0.318 e. The molecular weight excluding hydrogens is 597 g/mol. The summed E-state index contributed by atoms with van der Waals surface area (Å²) in [4.78, 5) is 30.4. The van der Waals surface area contributed by atoms with Crippen LogP contribution in [0.3, 0.4) is 0 Å². The first-order valence-corrected chi connectivity index (χ1v) is 15.6. The first-order valence-electron chi connectivity index (χ1n) is 15.2. The van der Waals surface area contributed by atoms with Gasteiger partial charge in [-0.2, -0.15) is 15.2 Å². The maximum Gasteiger partial charge on any atom is 0.318 e. The van der Waals surface area contributed by atoms with Crippen LogP contribution in [-0.4, -0.2) is 104 Å². The number of benzene rings is 2. The number of alkyl halides is 1. The van der Waals surface area contributed by atoms with Crippen LogP contribution in [0.25, 0.3) is 10.8 Å². The molecule has 0 aliphatic carbocycles. The Kier molecular flexibility index (Phi) is 9.08. The lowest BCUT2D eigenvalue weighted by Crippen LogP contribution is -2.63. The van der Waals surface area contributed by atoms with Gasteiger partial charge >= 0.3 is 6.01 Å². The van der Waals surface area contributed by atoms with Gasteiger partial charge in [0.1, 0.15) is 19.1 Å². The SMILES string of the molecule is C=CC(=O)N1CCN(c2nc(OCCN(C)C3(CF)COC3)nc3c2CCN(c2cccc4cccc(Cl)c24)C3)C[C@@H]1CC#N.